The van der Waals surface area contributed by atoms with Gasteiger partial charge in [0, 0.05) is 24.6 Å². The van der Waals surface area contributed by atoms with Crippen molar-refractivity contribution in [3.8, 4) is 33.6 Å². The predicted molar refractivity (Wildman–Crippen MR) is 197 cm³/mol. The number of hydrogen-bond acceptors (Lipinski definition) is 6. The molecule has 5 aromatic carbocycles. The summed E-state index contributed by atoms with van der Waals surface area (Å²) in [6.45, 7) is 0.880. The molecule has 9 rings (SSSR count). The fourth-order valence-corrected chi connectivity index (χ4v) is 8.56. The number of carbonyl (C=O) groups is 2. The molecular formula is C44H37N3O5. The second-order valence-electron chi connectivity index (χ2n) is 13.6. The molecule has 1 aliphatic heterocycles. The van der Waals surface area contributed by atoms with Gasteiger partial charge in [0.15, 0.2) is 5.76 Å². The van der Waals surface area contributed by atoms with Gasteiger partial charge >= 0.3 is 12.2 Å². The average Bonchev–Trinajstić information content (AvgIpc) is 3.92. The Balaban J connectivity index is 1.05. The summed E-state index contributed by atoms with van der Waals surface area (Å²) in [5.74, 6) is 0.970. The molecule has 1 saturated heterocycles. The molecule has 0 spiro atoms. The van der Waals surface area contributed by atoms with E-state index in [0.29, 0.717) is 37.6 Å². The molecule has 2 heterocycles. The normalized spacial score (nSPS) is 15.7. The Morgan fingerprint density at radius 2 is 1.23 bits per heavy atom. The summed E-state index contributed by atoms with van der Waals surface area (Å²) in [5.41, 5.74) is 8.67. The monoisotopic (exact) mass is 687 g/mol. The van der Waals surface area contributed by atoms with Crippen molar-refractivity contribution in [2.75, 3.05) is 26.8 Å². The van der Waals surface area contributed by atoms with Crippen LogP contribution in [-0.2, 0) is 15.0 Å². The van der Waals surface area contributed by atoms with Gasteiger partial charge < -0.3 is 18.8 Å². The van der Waals surface area contributed by atoms with Gasteiger partial charge in [0.1, 0.15) is 12.1 Å². The summed E-state index contributed by atoms with van der Waals surface area (Å²) >= 11 is 0. The first kappa shape index (κ1) is 31.8. The van der Waals surface area contributed by atoms with Crippen molar-refractivity contribution in [2.45, 2.75) is 30.3 Å². The molecule has 8 heteroatoms. The maximum Gasteiger partial charge on any atom is 0.411 e. The smallest absolute Gasteiger partial charge is 0.411 e. The van der Waals surface area contributed by atoms with Gasteiger partial charge in [-0.1, -0.05) is 127 Å². The van der Waals surface area contributed by atoms with E-state index in [-0.39, 0.29) is 18.6 Å². The molecule has 0 N–H and O–H groups in total. The Kier molecular flexibility index (Phi) is 7.87. The minimum absolute atomic E-state index is 0.0405. The van der Waals surface area contributed by atoms with E-state index in [4.69, 9.17) is 18.9 Å². The number of likely N-dealkylation sites (tertiary alicyclic amines) is 1. The first-order valence-electron chi connectivity index (χ1n) is 17.7. The summed E-state index contributed by atoms with van der Waals surface area (Å²) in [7, 11) is 1.41. The Bertz CT molecular complexity index is 2200. The van der Waals surface area contributed by atoms with E-state index in [1.807, 2.05) is 83.8 Å². The van der Waals surface area contributed by atoms with Crippen LogP contribution in [0, 0.1) is 0 Å². The quantitative estimate of drug-likeness (QED) is 0.174. The standard InChI is InChI=1S/C44H37N3O5/c1-50-43(49)47(40-36-21-11-9-17-32(36)33-18-10-12-22-37(33)40)44(41-45-27-39(52-41)29-13-3-2-4-14-29)23-25-46(26-24-44)42(48)51-28-38-34-19-7-5-15-30(34)31-16-6-8-20-35(31)38/h2-22,27,38,40H,23-26,28H2,1H3. The fourth-order valence-electron chi connectivity index (χ4n) is 8.56. The largest absolute Gasteiger partial charge is 0.453 e. The number of rotatable bonds is 6. The van der Waals surface area contributed by atoms with Crippen molar-refractivity contribution in [2.24, 2.45) is 0 Å². The van der Waals surface area contributed by atoms with Crippen LogP contribution in [0.4, 0.5) is 9.59 Å². The molecule has 0 radical (unpaired) electrons. The first-order chi connectivity index (χ1) is 25.6. The van der Waals surface area contributed by atoms with Crippen LogP contribution in [0.1, 0.15) is 52.9 Å². The maximum absolute atomic E-state index is 14.3. The molecule has 0 bridgehead atoms. The topological polar surface area (TPSA) is 85.1 Å². The maximum atomic E-state index is 14.3. The molecule has 2 aliphatic carbocycles. The van der Waals surface area contributed by atoms with Gasteiger partial charge in [-0.2, -0.15) is 0 Å². The molecule has 52 heavy (non-hydrogen) atoms. The van der Waals surface area contributed by atoms with Gasteiger partial charge in [-0.05, 0) is 57.3 Å². The second kappa shape index (κ2) is 12.9. The van der Waals surface area contributed by atoms with Crippen molar-refractivity contribution in [3.63, 3.8) is 0 Å². The Labute approximate surface area is 302 Å². The van der Waals surface area contributed by atoms with Crippen molar-refractivity contribution in [1.82, 2.24) is 14.8 Å². The SMILES string of the molecule is COC(=O)N(C1c2ccccc2-c2ccccc21)C1(c2ncc(-c3ccccc3)o2)CCN(C(=O)OCC2c3ccccc3-c3ccccc32)CC1. The molecular weight excluding hydrogens is 650 g/mol. The highest BCUT2D eigenvalue weighted by molar-refractivity contribution is 5.82. The molecule has 0 saturated carbocycles. The highest BCUT2D eigenvalue weighted by atomic mass is 16.6. The summed E-state index contributed by atoms with van der Waals surface area (Å²) in [5, 5.41) is 0. The Hall–Kier alpha value is -6.15. The number of piperidine rings is 1. The van der Waals surface area contributed by atoms with E-state index in [0.717, 1.165) is 38.9 Å². The Morgan fingerprint density at radius 3 is 1.79 bits per heavy atom. The second-order valence-corrected chi connectivity index (χ2v) is 13.6. The third-order valence-corrected chi connectivity index (χ3v) is 11.0. The third-order valence-electron chi connectivity index (χ3n) is 11.0. The zero-order chi connectivity index (χ0) is 35.2. The number of hydrogen-bond donors (Lipinski definition) is 0. The summed E-state index contributed by atoms with van der Waals surface area (Å²) < 4.78 is 18.3. The third kappa shape index (κ3) is 5.08. The van der Waals surface area contributed by atoms with E-state index >= 15 is 0 Å². The van der Waals surface area contributed by atoms with Crippen LogP contribution in [-0.4, -0.2) is 53.8 Å². The summed E-state index contributed by atoms with van der Waals surface area (Å²) in [4.78, 5) is 36.5. The van der Waals surface area contributed by atoms with Crippen LogP contribution in [0.2, 0.25) is 0 Å². The Morgan fingerprint density at radius 1 is 0.731 bits per heavy atom. The van der Waals surface area contributed by atoms with E-state index < -0.39 is 17.7 Å². The van der Waals surface area contributed by atoms with Gasteiger partial charge in [-0.25, -0.2) is 14.6 Å². The van der Waals surface area contributed by atoms with Crippen LogP contribution >= 0.6 is 0 Å². The molecule has 0 atom stereocenters. The van der Waals surface area contributed by atoms with Crippen LogP contribution in [0.25, 0.3) is 33.6 Å². The van der Waals surface area contributed by atoms with Crippen LogP contribution in [0.15, 0.2) is 138 Å². The van der Waals surface area contributed by atoms with Gasteiger partial charge in [-0.3, -0.25) is 4.90 Å². The minimum Gasteiger partial charge on any atom is -0.453 e. The van der Waals surface area contributed by atoms with E-state index in [9.17, 15) is 9.59 Å². The lowest BCUT2D eigenvalue weighted by atomic mass is 9.83. The number of oxazole rings is 1. The zero-order valence-electron chi connectivity index (χ0n) is 28.8. The number of methoxy groups -OCH3 is 1. The molecule has 258 valence electrons. The zero-order valence-corrected chi connectivity index (χ0v) is 28.8. The van der Waals surface area contributed by atoms with Crippen molar-refractivity contribution in [3.05, 3.63) is 162 Å². The summed E-state index contributed by atoms with van der Waals surface area (Å²) in [6.07, 6.45) is 1.57. The minimum atomic E-state index is -1.05. The molecule has 3 aliphatic rings. The van der Waals surface area contributed by atoms with Gasteiger partial charge in [0.25, 0.3) is 0 Å². The van der Waals surface area contributed by atoms with E-state index in [1.54, 1.807) is 11.1 Å². The number of benzene rings is 5. The van der Waals surface area contributed by atoms with Crippen molar-refractivity contribution < 1.29 is 23.5 Å². The number of nitrogens with zero attached hydrogens (tertiary/aromatic N) is 3. The van der Waals surface area contributed by atoms with Crippen LogP contribution < -0.4 is 0 Å². The van der Waals surface area contributed by atoms with Crippen molar-refractivity contribution in [1.29, 1.82) is 0 Å². The molecule has 8 nitrogen and oxygen atoms in total. The first-order valence-corrected chi connectivity index (χ1v) is 17.7. The van der Waals surface area contributed by atoms with Gasteiger partial charge in [0.2, 0.25) is 5.89 Å². The lowest BCUT2D eigenvalue weighted by Crippen LogP contribution is -2.57. The number of carbonyl (C=O) groups excluding carboxylic acids is 2. The number of amides is 2. The van der Waals surface area contributed by atoms with E-state index in [2.05, 4.69) is 48.5 Å². The number of fused-ring (bicyclic) bond motifs is 6. The van der Waals surface area contributed by atoms with Gasteiger partial charge in [-0.15, -0.1) is 0 Å². The van der Waals surface area contributed by atoms with E-state index in [1.165, 1.54) is 18.2 Å². The fraction of sp³-hybridized carbons (Fsp3) is 0.205. The highest BCUT2D eigenvalue weighted by Gasteiger charge is 2.54. The number of aromatic nitrogens is 1. The average molecular weight is 688 g/mol. The van der Waals surface area contributed by atoms with Crippen LogP contribution in [0.3, 0.4) is 0 Å². The summed E-state index contributed by atoms with van der Waals surface area (Å²) in [6, 6.07) is 42.3. The molecule has 2 amide bonds. The van der Waals surface area contributed by atoms with Crippen molar-refractivity contribution >= 4 is 12.2 Å². The highest BCUT2D eigenvalue weighted by Crippen LogP contribution is 2.53. The molecule has 1 aromatic heterocycles. The molecule has 1 fully saturated rings. The number of ether oxygens (including phenoxy) is 2. The molecule has 0 unspecified atom stereocenters. The lowest BCUT2D eigenvalue weighted by molar-refractivity contribution is -0.0145. The molecule has 6 aromatic rings. The van der Waals surface area contributed by atoms with Gasteiger partial charge in [0.05, 0.1) is 19.3 Å². The lowest BCUT2D eigenvalue weighted by Gasteiger charge is -2.48. The van der Waals surface area contributed by atoms with Crippen LogP contribution in [0.5, 0.6) is 0 Å². The predicted octanol–water partition coefficient (Wildman–Crippen LogP) is 9.42.